The maximum Gasteiger partial charge on any atom is 0.573 e. The number of nitrogens with two attached hydrogens (primary N) is 1. The van der Waals surface area contributed by atoms with Gasteiger partial charge in [-0.2, -0.15) is 0 Å². The molecule has 1 heterocycles. The number of carbonyl (C=O) groups is 1. The van der Waals surface area contributed by atoms with Gasteiger partial charge < -0.3 is 15.6 Å². The Kier molecular flexibility index (Phi) is 4.24. The van der Waals surface area contributed by atoms with E-state index in [4.69, 9.17) is 10.8 Å². The van der Waals surface area contributed by atoms with Crippen LogP contribution in [0, 0.1) is 0 Å². The molecule has 0 radical (unpaired) electrons. The average Bonchev–Trinajstić information content (AvgIpc) is 2.25. The van der Waals surface area contributed by atoms with Crippen molar-refractivity contribution >= 4 is 5.97 Å². The van der Waals surface area contributed by atoms with Gasteiger partial charge in [0.25, 0.3) is 6.43 Å². The average molecular weight is 286 g/mol. The molecule has 0 fully saturated rings. The topological polar surface area (TPSA) is 85.4 Å². The van der Waals surface area contributed by atoms with Crippen LogP contribution in [0.1, 0.15) is 28.2 Å². The normalized spacial score (nSPS) is 11.7. The molecule has 0 aliphatic heterocycles. The largest absolute Gasteiger partial charge is 0.573 e. The minimum Gasteiger partial charge on any atom is -0.477 e. The maximum atomic E-state index is 12.5. The molecule has 0 saturated carbocycles. The Morgan fingerprint density at radius 2 is 2.05 bits per heavy atom. The van der Waals surface area contributed by atoms with Crippen molar-refractivity contribution in [3.05, 3.63) is 23.0 Å². The minimum atomic E-state index is -5.21. The molecular weight excluding hydrogens is 279 g/mol. The molecule has 0 aliphatic rings. The number of ether oxygens (including phenoxy) is 1. The van der Waals surface area contributed by atoms with Crippen molar-refractivity contribution in [2.24, 2.45) is 5.73 Å². The van der Waals surface area contributed by atoms with E-state index in [-0.39, 0.29) is 5.56 Å². The zero-order valence-corrected chi connectivity index (χ0v) is 9.04. The third-order valence-electron chi connectivity index (χ3n) is 1.95. The molecule has 19 heavy (non-hydrogen) atoms. The molecular formula is C9H7F5N2O3. The Bertz CT molecular complexity index is 489. The highest BCUT2D eigenvalue weighted by molar-refractivity contribution is 5.87. The van der Waals surface area contributed by atoms with E-state index in [1.54, 1.807) is 0 Å². The van der Waals surface area contributed by atoms with E-state index in [2.05, 4.69) is 9.72 Å². The lowest BCUT2D eigenvalue weighted by atomic mass is 10.1. The molecule has 0 aromatic carbocycles. The van der Waals surface area contributed by atoms with Crippen LogP contribution in [0.15, 0.2) is 6.07 Å². The lowest BCUT2D eigenvalue weighted by Gasteiger charge is -2.14. The molecule has 0 unspecified atom stereocenters. The van der Waals surface area contributed by atoms with Crippen molar-refractivity contribution in [3.63, 3.8) is 0 Å². The summed E-state index contributed by atoms with van der Waals surface area (Å²) in [5, 5.41) is 8.70. The van der Waals surface area contributed by atoms with E-state index < -0.39 is 42.4 Å². The Labute approximate surface area is 102 Å². The number of aromatic carboxylic acids is 1. The van der Waals surface area contributed by atoms with Crippen LogP contribution in [0.25, 0.3) is 0 Å². The van der Waals surface area contributed by atoms with Gasteiger partial charge in [-0.15, -0.1) is 13.2 Å². The Balaban J connectivity index is 3.40. The fourth-order valence-corrected chi connectivity index (χ4v) is 1.25. The first-order chi connectivity index (χ1) is 8.65. The Hall–Kier alpha value is -1.97. The molecule has 106 valence electrons. The van der Waals surface area contributed by atoms with Crippen molar-refractivity contribution in [1.82, 2.24) is 4.98 Å². The highest BCUT2D eigenvalue weighted by atomic mass is 19.4. The van der Waals surface area contributed by atoms with Gasteiger partial charge >= 0.3 is 12.3 Å². The number of rotatable bonds is 4. The van der Waals surface area contributed by atoms with Gasteiger partial charge in [0.05, 0.1) is 0 Å². The summed E-state index contributed by atoms with van der Waals surface area (Å²) in [6.07, 6.45) is -8.63. The minimum absolute atomic E-state index is 0.351. The number of pyridine rings is 1. The summed E-state index contributed by atoms with van der Waals surface area (Å²) in [4.78, 5) is 13.7. The van der Waals surface area contributed by atoms with Crippen LogP contribution in [-0.4, -0.2) is 22.4 Å². The van der Waals surface area contributed by atoms with Gasteiger partial charge in [-0.25, -0.2) is 18.6 Å². The van der Waals surface area contributed by atoms with Crippen molar-refractivity contribution in [2.75, 3.05) is 0 Å². The number of carboxylic acids is 1. The summed E-state index contributed by atoms with van der Waals surface area (Å²) in [5.74, 6) is -2.95. The third-order valence-corrected chi connectivity index (χ3v) is 1.95. The first-order valence-electron chi connectivity index (χ1n) is 4.66. The molecule has 0 spiro atoms. The summed E-state index contributed by atoms with van der Waals surface area (Å²) >= 11 is 0. The molecule has 0 bridgehead atoms. The van der Waals surface area contributed by atoms with E-state index >= 15 is 0 Å². The quantitative estimate of drug-likeness (QED) is 0.828. The molecule has 0 saturated heterocycles. The summed E-state index contributed by atoms with van der Waals surface area (Å²) in [7, 11) is 0. The summed E-state index contributed by atoms with van der Waals surface area (Å²) < 4.78 is 64.6. The van der Waals surface area contributed by atoms with Gasteiger partial charge in [0.2, 0.25) is 0 Å². The summed E-state index contributed by atoms with van der Waals surface area (Å²) in [6.45, 7) is -0.494. The van der Waals surface area contributed by atoms with Gasteiger partial charge in [0.1, 0.15) is 5.69 Å². The number of carboxylic acid groups (broad SMARTS) is 1. The van der Waals surface area contributed by atoms with E-state index in [9.17, 15) is 26.7 Å². The first-order valence-corrected chi connectivity index (χ1v) is 4.66. The zero-order chi connectivity index (χ0) is 14.8. The van der Waals surface area contributed by atoms with E-state index in [1.165, 1.54) is 0 Å². The lowest BCUT2D eigenvalue weighted by molar-refractivity contribution is -0.275. The van der Waals surface area contributed by atoms with Crippen LogP contribution in [0.3, 0.4) is 0 Å². The summed E-state index contributed by atoms with van der Waals surface area (Å²) in [6, 6.07) is 0.492. The maximum absolute atomic E-state index is 12.5. The van der Waals surface area contributed by atoms with Gasteiger partial charge in [-0.3, -0.25) is 0 Å². The number of hydrogen-bond donors (Lipinski definition) is 2. The predicted molar refractivity (Wildman–Crippen MR) is 50.7 cm³/mol. The van der Waals surface area contributed by atoms with Crippen molar-refractivity contribution < 1.29 is 36.6 Å². The number of alkyl halides is 5. The molecule has 5 nitrogen and oxygen atoms in total. The van der Waals surface area contributed by atoms with Crippen LogP contribution in [0.4, 0.5) is 22.0 Å². The van der Waals surface area contributed by atoms with Crippen LogP contribution in [-0.2, 0) is 6.54 Å². The second kappa shape index (κ2) is 5.34. The van der Waals surface area contributed by atoms with Crippen molar-refractivity contribution in [1.29, 1.82) is 0 Å². The van der Waals surface area contributed by atoms with Crippen LogP contribution in [0.2, 0.25) is 0 Å². The molecule has 1 aromatic rings. The monoisotopic (exact) mass is 286 g/mol. The standard InChI is InChI=1S/C9H7F5N2O3/c10-7(11)6-4(19-9(12,13)14)1-3(2-15)5(16-6)8(17)18/h1,7H,2,15H2,(H,17,18). The first kappa shape index (κ1) is 15.1. The zero-order valence-electron chi connectivity index (χ0n) is 9.04. The van der Waals surface area contributed by atoms with Gasteiger partial charge in [0.15, 0.2) is 11.4 Å². The summed E-state index contributed by atoms with van der Waals surface area (Å²) in [5.41, 5.74) is 2.52. The third kappa shape index (κ3) is 3.74. The van der Waals surface area contributed by atoms with Crippen LogP contribution < -0.4 is 10.5 Å². The molecule has 0 amide bonds. The van der Waals surface area contributed by atoms with Crippen molar-refractivity contribution in [3.8, 4) is 5.75 Å². The fourth-order valence-electron chi connectivity index (χ4n) is 1.25. The second-order valence-electron chi connectivity index (χ2n) is 3.24. The lowest BCUT2D eigenvalue weighted by Crippen LogP contribution is -2.20. The molecule has 0 atom stereocenters. The molecule has 10 heteroatoms. The number of nitrogens with zero attached hydrogens (tertiary/aromatic N) is 1. The fraction of sp³-hybridized carbons (Fsp3) is 0.333. The molecule has 1 rings (SSSR count). The molecule has 1 aromatic heterocycles. The van der Waals surface area contributed by atoms with Gasteiger partial charge in [0, 0.05) is 12.1 Å². The molecule has 3 N–H and O–H groups in total. The molecule has 0 aliphatic carbocycles. The van der Waals surface area contributed by atoms with Crippen molar-refractivity contribution in [2.45, 2.75) is 19.3 Å². The predicted octanol–water partition coefficient (Wildman–Crippen LogP) is 2.07. The van der Waals surface area contributed by atoms with E-state index in [1.807, 2.05) is 0 Å². The number of hydrogen-bond acceptors (Lipinski definition) is 4. The Morgan fingerprint density at radius 3 is 2.42 bits per heavy atom. The highest BCUT2D eigenvalue weighted by Gasteiger charge is 2.34. The SMILES string of the molecule is NCc1cc(OC(F)(F)F)c(C(F)F)nc1C(=O)O. The highest BCUT2D eigenvalue weighted by Crippen LogP contribution is 2.33. The van der Waals surface area contributed by atoms with Gasteiger partial charge in [-0.05, 0) is 6.07 Å². The van der Waals surface area contributed by atoms with Crippen LogP contribution >= 0.6 is 0 Å². The van der Waals surface area contributed by atoms with Gasteiger partial charge in [-0.1, -0.05) is 0 Å². The number of aromatic nitrogens is 1. The van der Waals surface area contributed by atoms with E-state index in [0.29, 0.717) is 6.07 Å². The smallest absolute Gasteiger partial charge is 0.477 e. The van der Waals surface area contributed by atoms with E-state index in [0.717, 1.165) is 0 Å². The van der Waals surface area contributed by atoms with Crippen LogP contribution in [0.5, 0.6) is 5.75 Å². The Morgan fingerprint density at radius 1 is 1.47 bits per heavy atom. The second-order valence-corrected chi connectivity index (χ2v) is 3.24. The number of halogens is 5.